The molecule has 0 bridgehead atoms. The molecule has 3 rings (SSSR count). The Kier molecular flexibility index (Phi) is 5.76. The van der Waals surface area contributed by atoms with Gasteiger partial charge >= 0.3 is 6.09 Å². The molecule has 9 heteroatoms. The van der Waals surface area contributed by atoms with Crippen molar-refractivity contribution in [2.75, 3.05) is 18.4 Å². The molecule has 1 fully saturated rings. The third-order valence-corrected chi connectivity index (χ3v) is 4.68. The number of fused-ring (bicyclic) bond motifs is 1. The van der Waals surface area contributed by atoms with Crippen molar-refractivity contribution in [1.82, 2.24) is 20.4 Å². The number of likely N-dealkylation sites (tertiary alicyclic amines) is 1. The van der Waals surface area contributed by atoms with Gasteiger partial charge in [-0.25, -0.2) is 4.79 Å². The SMILES string of the molecule is C[C@H](NC(=O)OC(C)(C)C)C(=O)N1CCC(C(=O)Nc2ccc3[nH]ncc3c2)C1. The molecule has 1 saturated heterocycles. The Balaban J connectivity index is 1.52. The fourth-order valence-electron chi connectivity index (χ4n) is 3.26. The van der Waals surface area contributed by atoms with Crippen LogP contribution in [0.2, 0.25) is 0 Å². The average Bonchev–Trinajstić information content (AvgIpc) is 3.28. The molecule has 1 aliphatic rings. The summed E-state index contributed by atoms with van der Waals surface area (Å²) in [6.45, 7) is 7.67. The van der Waals surface area contributed by atoms with Crippen LogP contribution in [-0.2, 0) is 14.3 Å². The lowest BCUT2D eigenvalue weighted by Crippen LogP contribution is -2.47. The molecule has 1 aromatic carbocycles. The number of nitrogens with one attached hydrogen (secondary N) is 3. The van der Waals surface area contributed by atoms with Crippen LogP contribution in [0.3, 0.4) is 0 Å². The first kappa shape index (κ1) is 20.6. The first-order chi connectivity index (χ1) is 13.6. The lowest BCUT2D eigenvalue weighted by atomic mass is 10.1. The molecule has 0 saturated carbocycles. The van der Waals surface area contributed by atoms with Gasteiger partial charge in [0.15, 0.2) is 0 Å². The van der Waals surface area contributed by atoms with E-state index in [1.54, 1.807) is 38.8 Å². The molecule has 29 heavy (non-hydrogen) atoms. The van der Waals surface area contributed by atoms with E-state index in [9.17, 15) is 14.4 Å². The van der Waals surface area contributed by atoms with Crippen molar-refractivity contribution < 1.29 is 19.1 Å². The normalized spacial score (nSPS) is 17.8. The second-order valence-electron chi connectivity index (χ2n) is 8.30. The van der Waals surface area contributed by atoms with Gasteiger partial charge < -0.3 is 20.3 Å². The third-order valence-electron chi connectivity index (χ3n) is 4.68. The number of amides is 3. The van der Waals surface area contributed by atoms with Gasteiger partial charge in [0.1, 0.15) is 11.6 Å². The molecule has 2 atom stereocenters. The van der Waals surface area contributed by atoms with E-state index >= 15 is 0 Å². The minimum absolute atomic E-state index is 0.129. The molecule has 1 aromatic heterocycles. The number of carbonyl (C=O) groups is 3. The molecular weight excluding hydrogens is 374 g/mol. The van der Waals surface area contributed by atoms with Gasteiger partial charge in [0.2, 0.25) is 11.8 Å². The number of benzene rings is 1. The average molecular weight is 401 g/mol. The number of carbonyl (C=O) groups excluding carboxylic acids is 3. The number of anilines is 1. The number of hydrogen-bond acceptors (Lipinski definition) is 5. The van der Waals surface area contributed by atoms with Crippen molar-refractivity contribution in [2.24, 2.45) is 5.92 Å². The van der Waals surface area contributed by atoms with Gasteiger partial charge in [0, 0.05) is 24.2 Å². The molecular formula is C20H27N5O4. The summed E-state index contributed by atoms with van der Waals surface area (Å²) in [5, 5.41) is 13.2. The van der Waals surface area contributed by atoms with Gasteiger partial charge in [-0.3, -0.25) is 14.7 Å². The maximum absolute atomic E-state index is 12.6. The van der Waals surface area contributed by atoms with Crippen LogP contribution in [-0.4, -0.2) is 57.7 Å². The van der Waals surface area contributed by atoms with Crippen molar-refractivity contribution in [3.05, 3.63) is 24.4 Å². The molecule has 1 aliphatic heterocycles. The van der Waals surface area contributed by atoms with Crippen molar-refractivity contribution >= 4 is 34.5 Å². The largest absolute Gasteiger partial charge is 0.444 e. The topological polar surface area (TPSA) is 116 Å². The van der Waals surface area contributed by atoms with E-state index < -0.39 is 17.7 Å². The number of hydrogen-bond donors (Lipinski definition) is 3. The Labute approximate surface area is 169 Å². The van der Waals surface area contributed by atoms with E-state index in [1.807, 2.05) is 18.2 Å². The lowest BCUT2D eigenvalue weighted by molar-refractivity contribution is -0.132. The quantitative estimate of drug-likeness (QED) is 0.727. The zero-order chi connectivity index (χ0) is 21.2. The summed E-state index contributed by atoms with van der Waals surface area (Å²) >= 11 is 0. The van der Waals surface area contributed by atoms with Gasteiger partial charge in [0.05, 0.1) is 17.6 Å². The summed E-state index contributed by atoms with van der Waals surface area (Å²) in [7, 11) is 0. The second-order valence-corrected chi connectivity index (χ2v) is 8.30. The molecule has 2 heterocycles. The standard InChI is InChI=1S/C20H27N5O4/c1-12(22-19(28)29-20(2,3)4)18(27)25-8-7-13(11-25)17(26)23-15-5-6-16-14(9-15)10-21-24-16/h5-6,9-10,12-13H,7-8,11H2,1-4H3,(H,21,24)(H,22,28)(H,23,26)/t12-,13?/m0/s1. The van der Waals surface area contributed by atoms with E-state index in [0.717, 1.165) is 10.9 Å². The minimum atomic E-state index is -0.727. The van der Waals surface area contributed by atoms with Crippen LogP contribution in [0, 0.1) is 5.92 Å². The maximum atomic E-state index is 12.6. The summed E-state index contributed by atoms with van der Waals surface area (Å²) in [5.74, 6) is -0.658. The predicted molar refractivity (Wildman–Crippen MR) is 108 cm³/mol. The Morgan fingerprint density at radius 2 is 2.07 bits per heavy atom. The zero-order valence-corrected chi connectivity index (χ0v) is 17.1. The van der Waals surface area contributed by atoms with Crippen molar-refractivity contribution in [3.8, 4) is 0 Å². The van der Waals surface area contributed by atoms with Crippen LogP contribution in [0.15, 0.2) is 24.4 Å². The van der Waals surface area contributed by atoms with E-state index in [1.165, 1.54) is 0 Å². The van der Waals surface area contributed by atoms with E-state index in [0.29, 0.717) is 25.2 Å². The summed E-state index contributed by atoms with van der Waals surface area (Å²) < 4.78 is 5.18. The number of ether oxygens (including phenoxy) is 1. The number of alkyl carbamates (subject to hydrolysis) is 1. The van der Waals surface area contributed by atoms with Crippen LogP contribution in [0.5, 0.6) is 0 Å². The molecule has 1 unspecified atom stereocenters. The monoisotopic (exact) mass is 401 g/mol. The van der Waals surface area contributed by atoms with Gasteiger partial charge in [-0.05, 0) is 52.3 Å². The van der Waals surface area contributed by atoms with Crippen LogP contribution in [0.25, 0.3) is 10.9 Å². The Hall–Kier alpha value is -3.10. The number of aromatic nitrogens is 2. The second kappa shape index (κ2) is 8.10. The van der Waals surface area contributed by atoms with Crippen LogP contribution in [0.4, 0.5) is 10.5 Å². The highest BCUT2D eigenvalue weighted by Crippen LogP contribution is 2.21. The van der Waals surface area contributed by atoms with E-state index in [4.69, 9.17) is 4.74 Å². The highest BCUT2D eigenvalue weighted by Gasteiger charge is 2.33. The summed E-state index contributed by atoms with van der Waals surface area (Å²) in [6.07, 6.45) is 1.63. The van der Waals surface area contributed by atoms with Gasteiger partial charge in [-0.2, -0.15) is 5.10 Å². The lowest BCUT2D eigenvalue weighted by Gasteiger charge is -2.24. The van der Waals surface area contributed by atoms with E-state index in [-0.39, 0.29) is 17.7 Å². The predicted octanol–water partition coefficient (Wildman–Crippen LogP) is 2.26. The van der Waals surface area contributed by atoms with E-state index in [2.05, 4.69) is 20.8 Å². The Morgan fingerprint density at radius 1 is 1.31 bits per heavy atom. The molecule has 0 spiro atoms. The van der Waals surface area contributed by atoms with Crippen LogP contribution in [0.1, 0.15) is 34.1 Å². The summed E-state index contributed by atoms with van der Waals surface area (Å²) in [4.78, 5) is 38.7. The van der Waals surface area contributed by atoms with Crippen molar-refractivity contribution in [3.63, 3.8) is 0 Å². The summed E-state index contributed by atoms with van der Waals surface area (Å²) in [6, 6.07) is 4.78. The first-order valence-corrected chi connectivity index (χ1v) is 9.65. The molecule has 3 amide bonds. The maximum Gasteiger partial charge on any atom is 0.408 e. The highest BCUT2D eigenvalue weighted by molar-refractivity contribution is 5.96. The van der Waals surface area contributed by atoms with Gasteiger partial charge in [0.25, 0.3) is 0 Å². The molecule has 0 aliphatic carbocycles. The third kappa shape index (κ3) is 5.24. The highest BCUT2D eigenvalue weighted by atomic mass is 16.6. The minimum Gasteiger partial charge on any atom is -0.444 e. The number of nitrogens with zero attached hydrogens (tertiary/aromatic N) is 2. The number of rotatable bonds is 4. The van der Waals surface area contributed by atoms with Gasteiger partial charge in [-0.15, -0.1) is 0 Å². The zero-order valence-electron chi connectivity index (χ0n) is 17.1. The van der Waals surface area contributed by atoms with Gasteiger partial charge in [-0.1, -0.05) is 0 Å². The fraction of sp³-hybridized carbons (Fsp3) is 0.500. The fourth-order valence-corrected chi connectivity index (χ4v) is 3.26. The molecule has 3 N–H and O–H groups in total. The van der Waals surface area contributed by atoms with Crippen molar-refractivity contribution in [1.29, 1.82) is 0 Å². The Morgan fingerprint density at radius 3 is 2.79 bits per heavy atom. The number of aromatic amines is 1. The molecule has 156 valence electrons. The Bertz CT molecular complexity index is 917. The molecule has 2 aromatic rings. The first-order valence-electron chi connectivity index (χ1n) is 9.65. The molecule has 9 nitrogen and oxygen atoms in total. The summed E-state index contributed by atoms with van der Waals surface area (Å²) in [5.41, 5.74) is 0.948. The smallest absolute Gasteiger partial charge is 0.408 e. The van der Waals surface area contributed by atoms with Crippen LogP contribution < -0.4 is 10.6 Å². The van der Waals surface area contributed by atoms with Crippen molar-refractivity contribution in [2.45, 2.75) is 45.8 Å². The molecule has 0 radical (unpaired) electrons. The van der Waals surface area contributed by atoms with Crippen LogP contribution >= 0.6 is 0 Å². The number of H-pyrrole nitrogens is 1.